The van der Waals surface area contributed by atoms with Gasteiger partial charge in [-0.25, -0.2) is 4.39 Å². The van der Waals surface area contributed by atoms with Crippen LogP contribution >= 0.6 is 0 Å². The summed E-state index contributed by atoms with van der Waals surface area (Å²) < 4.78 is 18.1. The lowest BCUT2D eigenvalue weighted by atomic mass is 10.1. The molecule has 0 unspecified atom stereocenters. The topological polar surface area (TPSA) is 68.0 Å². The molecule has 1 aromatic carbocycles. The number of benzene rings is 1. The molecule has 94 valence electrons. The van der Waals surface area contributed by atoms with Gasteiger partial charge in [-0.05, 0) is 30.7 Å². The lowest BCUT2D eigenvalue weighted by Gasteiger charge is -1.97. The summed E-state index contributed by atoms with van der Waals surface area (Å²) in [5.74, 6) is 0.0878. The summed E-state index contributed by atoms with van der Waals surface area (Å²) in [5, 5.41) is 6.16. The number of aryl methyl sites for hydroxylation is 1. The van der Waals surface area contributed by atoms with Gasteiger partial charge in [0.15, 0.2) is 5.82 Å². The van der Waals surface area contributed by atoms with E-state index < -0.39 is 0 Å². The highest BCUT2D eigenvalue weighted by atomic mass is 19.1. The lowest BCUT2D eigenvalue weighted by molar-refractivity contribution is -0.120. The normalized spacial score (nSPS) is 10.4. The summed E-state index contributed by atoms with van der Waals surface area (Å²) in [6.45, 7) is 1.65. The maximum Gasteiger partial charge on any atom is 0.257 e. The minimum Gasteiger partial charge on any atom is -0.359 e. The molecule has 0 bridgehead atoms. The van der Waals surface area contributed by atoms with Crippen molar-refractivity contribution >= 4 is 5.91 Å². The van der Waals surface area contributed by atoms with Gasteiger partial charge in [0.25, 0.3) is 5.89 Å². The minimum atomic E-state index is -0.288. The number of amides is 1. The minimum absolute atomic E-state index is 0.0557. The second-order valence-electron chi connectivity index (χ2n) is 3.83. The molecule has 1 heterocycles. The first-order chi connectivity index (χ1) is 8.60. The summed E-state index contributed by atoms with van der Waals surface area (Å²) in [6.07, 6.45) is 0.0557. The number of likely N-dealkylation sites (N-methyl/N-ethyl adjacent to an activating group) is 1. The van der Waals surface area contributed by atoms with Gasteiger partial charge in [-0.2, -0.15) is 4.98 Å². The molecular weight excluding hydrogens is 237 g/mol. The summed E-state index contributed by atoms with van der Waals surface area (Å²) in [5.41, 5.74) is 1.13. The predicted molar refractivity (Wildman–Crippen MR) is 62.2 cm³/mol. The number of carbonyl (C=O) groups excluding carboxylic acids is 1. The Morgan fingerprint density at radius 2 is 2.28 bits per heavy atom. The Morgan fingerprint density at radius 3 is 2.94 bits per heavy atom. The third-order valence-corrected chi connectivity index (χ3v) is 2.47. The monoisotopic (exact) mass is 249 g/mol. The lowest BCUT2D eigenvalue weighted by Crippen LogP contribution is -2.20. The van der Waals surface area contributed by atoms with Crippen LogP contribution in [0.25, 0.3) is 11.5 Å². The molecule has 1 N–H and O–H groups in total. The highest BCUT2D eigenvalue weighted by molar-refractivity contribution is 5.77. The van der Waals surface area contributed by atoms with E-state index in [1.165, 1.54) is 13.1 Å². The number of aromatic nitrogens is 2. The molecule has 1 amide bonds. The van der Waals surface area contributed by atoms with E-state index >= 15 is 0 Å². The molecule has 0 aliphatic carbocycles. The second-order valence-corrected chi connectivity index (χ2v) is 3.83. The Kier molecular flexibility index (Phi) is 3.36. The summed E-state index contributed by atoms with van der Waals surface area (Å²) in [6, 6.07) is 4.51. The summed E-state index contributed by atoms with van der Waals surface area (Å²) in [4.78, 5) is 15.2. The first-order valence-electron chi connectivity index (χ1n) is 5.40. The molecule has 0 fully saturated rings. The van der Waals surface area contributed by atoms with E-state index in [1.54, 1.807) is 19.1 Å². The smallest absolute Gasteiger partial charge is 0.257 e. The Bertz CT molecular complexity index is 580. The van der Waals surface area contributed by atoms with Crippen LogP contribution in [0.2, 0.25) is 0 Å². The molecule has 2 rings (SSSR count). The fraction of sp³-hybridized carbons (Fsp3) is 0.250. The molecule has 0 aliphatic rings. The van der Waals surface area contributed by atoms with Gasteiger partial charge in [0.2, 0.25) is 5.91 Å². The molecule has 0 atom stereocenters. The Morgan fingerprint density at radius 1 is 1.50 bits per heavy atom. The van der Waals surface area contributed by atoms with Crippen molar-refractivity contribution in [3.8, 4) is 11.5 Å². The molecule has 2 aromatic rings. The van der Waals surface area contributed by atoms with Gasteiger partial charge >= 0.3 is 0 Å². The molecule has 0 aliphatic heterocycles. The molecule has 1 aromatic heterocycles. The van der Waals surface area contributed by atoms with Gasteiger partial charge in [0, 0.05) is 12.6 Å². The number of rotatable bonds is 3. The number of hydrogen-bond acceptors (Lipinski definition) is 4. The number of halogens is 1. The fourth-order valence-electron chi connectivity index (χ4n) is 1.45. The van der Waals surface area contributed by atoms with Crippen molar-refractivity contribution in [3.63, 3.8) is 0 Å². The zero-order valence-corrected chi connectivity index (χ0v) is 10.0. The number of nitrogens with zero attached hydrogens (tertiary/aromatic N) is 2. The average molecular weight is 249 g/mol. The van der Waals surface area contributed by atoms with E-state index in [9.17, 15) is 9.18 Å². The molecule has 18 heavy (non-hydrogen) atoms. The Hall–Kier alpha value is -2.24. The Balaban J connectivity index is 2.23. The van der Waals surface area contributed by atoms with Crippen LogP contribution in [-0.4, -0.2) is 23.1 Å². The van der Waals surface area contributed by atoms with E-state index in [0.29, 0.717) is 17.0 Å². The maximum absolute atomic E-state index is 13.1. The van der Waals surface area contributed by atoms with Crippen LogP contribution in [-0.2, 0) is 11.2 Å². The van der Waals surface area contributed by atoms with Crippen LogP contribution in [0.5, 0.6) is 0 Å². The summed E-state index contributed by atoms with van der Waals surface area (Å²) in [7, 11) is 1.53. The fourth-order valence-corrected chi connectivity index (χ4v) is 1.45. The largest absolute Gasteiger partial charge is 0.359 e. The van der Waals surface area contributed by atoms with E-state index in [-0.39, 0.29) is 24.0 Å². The molecule has 0 saturated carbocycles. The van der Waals surface area contributed by atoms with Crippen LogP contribution in [0.1, 0.15) is 11.4 Å². The van der Waals surface area contributed by atoms with E-state index in [1.807, 2.05) is 0 Å². The standard InChI is InChI=1S/C12H12FN3O2/c1-7-5-8(3-4-9(7)13)12-15-10(16-18-12)6-11(17)14-2/h3-5H,6H2,1-2H3,(H,14,17). The van der Waals surface area contributed by atoms with Gasteiger partial charge in [0.05, 0.1) is 6.42 Å². The SMILES string of the molecule is CNC(=O)Cc1noc(-c2ccc(F)c(C)c2)n1. The van der Waals surface area contributed by atoms with E-state index in [0.717, 1.165) is 0 Å². The molecule has 0 radical (unpaired) electrons. The van der Waals surface area contributed by atoms with Crippen molar-refractivity contribution in [1.29, 1.82) is 0 Å². The number of carbonyl (C=O) groups is 1. The molecule has 0 spiro atoms. The zero-order valence-electron chi connectivity index (χ0n) is 10.0. The molecule has 5 nitrogen and oxygen atoms in total. The zero-order chi connectivity index (χ0) is 13.1. The molecule has 6 heteroatoms. The molecule has 0 saturated heterocycles. The Labute approximate surface area is 103 Å². The van der Waals surface area contributed by atoms with Crippen molar-refractivity contribution in [1.82, 2.24) is 15.5 Å². The van der Waals surface area contributed by atoms with Gasteiger partial charge in [-0.15, -0.1) is 0 Å². The maximum atomic E-state index is 13.1. The summed E-state index contributed by atoms with van der Waals surface area (Å²) >= 11 is 0. The van der Waals surface area contributed by atoms with Gasteiger partial charge in [-0.1, -0.05) is 5.16 Å². The van der Waals surface area contributed by atoms with Gasteiger partial charge in [0.1, 0.15) is 5.82 Å². The van der Waals surface area contributed by atoms with Crippen LogP contribution in [0, 0.1) is 12.7 Å². The third kappa shape index (κ3) is 2.53. The average Bonchev–Trinajstić information content (AvgIpc) is 2.81. The van der Waals surface area contributed by atoms with Crippen molar-refractivity contribution in [3.05, 3.63) is 35.4 Å². The third-order valence-electron chi connectivity index (χ3n) is 2.47. The highest BCUT2D eigenvalue weighted by Crippen LogP contribution is 2.20. The van der Waals surface area contributed by atoms with Crippen molar-refractivity contribution in [2.75, 3.05) is 7.05 Å². The first kappa shape index (κ1) is 12.2. The van der Waals surface area contributed by atoms with Gasteiger partial charge < -0.3 is 9.84 Å². The van der Waals surface area contributed by atoms with Gasteiger partial charge in [-0.3, -0.25) is 4.79 Å². The second kappa shape index (κ2) is 4.95. The van der Waals surface area contributed by atoms with Crippen LogP contribution in [0.15, 0.2) is 22.7 Å². The van der Waals surface area contributed by atoms with Crippen molar-refractivity contribution < 1.29 is 13.7 Å². The van der Waals surface area contributed by atoms with E-state index in [4.69, 9.17) is 4.52 Å². The first-order valence-corrected chi connectivity index (χ1v) is 5.40. The predicted octanol–water partition coefficient (Wildman–Crippen LogP) is 1.47. The number of nitrogens with one attached hydrogen (secondary N) is 1. The van der Waals surface area contributed by atoms with Crippen molar-refractivity contribution in [2.24, 2.45) is 0 Å². The van der Waals surface area contributed by atoms with Crippen LogP contribution in [0.3, 0.4) is 0 Å². The van der Waals surface area contributed by atoms with Crippen LogP contribution in [0.4, 0.5) is 4.39 Å². The quantitative estimate of drug-likeness (QED) is 0.894. The highest BCUT2D eigenvalue weighted by Gasteiger charge is 2.12. The van der Waals surface area contributed by atoms with Crippen LogP contribution < -0.4 is 5.32 Å². The van der Waals surface area contributed by atoms with Crippen molar-refractivity contribution in [2.45, 2.75) is 13.3 Å². The van der Waals surface area contributed by atoms with E-state index in [2.05, 4.69) is 15.5 Å². The molecular formula is C12H12FN3O2. The number of hydrogen-bond donors (Lipinski definition) is 1.